The van der Waals surface area contributed by atoms with E-state index >= 15 is 0 Å². The highest BCUT2D eigenvalue weighted by Gasteiger charge is 2.32. The molecule has 2 aromatic heterocycles. The smallest absolute Gasteiger partial charge is 0.264 e. The van der Waals surface area contributed by atoms with Crippen LogP contribution in [0.1, 0.15) is 5.56 Å². The van der Waals surface area contributed by atoms with Gasteiger partial charge in [-0.05, 0) is 47.5 Å². The molecule has 0 saturated heterocycles. The molecule has 0 unspecified atom stereocenters. The summed E-state index contributed by atoms with van der Waals surface area (Å²) in [5.74, 6) is -2.64. The normalized spacial score (nSPS) is 12.2. The minimum atomic E-state index is -4.76. The van der Waals surface area contributed by atoms with E-state index in [1.807, 2.05) is 0 Å². The van der Waals surface area contributed by atoms with E-state index in [1.54, 1.807) is 12.1 Å². The van der Waals surface area contributed by atoms with Gasteiger partial charge in [-0.3, -0.25) is 4.98 Å². The van der Waals surface area contributed by atoms with E-state index in [4.69, 9.17) is 0 Å². The van der Waals surface area contributed by atoms with Crippen molar-refractivity contribution in [3.8, 4) is 22.3 Å². The topological polar surface area (TPSA) is 64.8 Å². The number of alkyl halides is 3. The summed E-state index contributed by atoms with van der Waals surface area (Å²) in [6.45, 7) is 0. The van der Waals surface area contributed by atoms with Crippen LogP contribution in [0.2, 0.25) is 0 Å². The van der Waals surface area contributed by atoms with Crippen LogP contribution in [0.15, 0.2) is 78.2 Å². The van der Waals surface area contributed by atoms with E-state index in [0.29, 0.717) is 9.65 Å². The van der Waals surface area contributed by atoms with Crippen LogP contribution in [-0.4, -0.2) is 22.6 Å². The van der Waals surface area contributed by atoms with Gasteiger partial charge in [-0.1, -0.05) is 12.1 Å². The largest absolute Gasteiger partial charge is 0.416 e. The fourth-order valence-corrected chi connectivity index (χ4v) is 4.31. The van der Waals surface area contributed by atoms with Gasteiger partial charge in [0.2, 0.25) is 0 Å². The van der Waals surface area contributed by atoms with Crippen molar-refractivity contribution < 1.29 is 30.4 Å². The molecule has 0 aliphatic rings. The van der Waals surface area contributed by atoms with Gasteiger partial charge in [-0.25, -0.2) is 8.78 Å². The SMILES string of the molecule is O=S(=O)(c1c(F)cccc1F)n1cc(-c2cc(-c3cccnc3)cc(C(F)(F)F)c2)cn1. The molecule has 2 heterocycles. The van der Waals surface area contributed by atoms with Gasteiger partial charge in [-0.2, -0.15) is 30.8 Å². The lowest BCUT2D eigenvalue weighted by molar-refractivity contribution is -0.137. The molecule has 0 aliphatic heterocycles. The van der Waals surface area contributed by atoms with Crippen LogP contribution in [0.25, 0.3) is 22.3 Å². The summed E-state index contributed by atoms with van der Waals surface area (Å²) >= 11 is 0. The Hall–Kier alpha value is -3.60. The van der Waals surface area contributed by atoms with Crippen molar-refractivity contribution in [3.63, 3.8) is 0 Å². The fourth-order valence-electron chi connectivity index (χ4n) is 3.07. The Bertz CT molecular complexity index is 1380. The van der Waals surface area contributed by atoms with Crippen LogP contribution in [0.4, 0.5) is 22.0 Å². The predicted octanol–water partition coefficient (Wildman–Crippen LogP) is 5.15. The predicted molar refractivity (Wildman–Crippen MR) is 105 cm³/mol. The third-order valence-corrected chi connectivity index (χ3v) is 6.17. The highest BCUT2D eigenvalue weighted by atomic mass is 32.2. The molecule has 0 bridgehead atoms. The van der Waals surface area contributed by atoms with Crippen molar-refractivity contribution in [2.75, 3.05) is 0 Å². The van der Waals surface area contributed by atoms with E-state index in [0.717, 1.165) is 42.7 Å². The number of pyridine rings is 1. The monoisotopic (exact) mass is 465 g/mol. The van der Waals surface area contributed by atoms with Crippen molar-refractivity contribution in [2.24, 2.45) is 0 Å². The lowest BCUT2D eigenvalue weighted by Crippen LogP contribution is -2.16. The van der Waals surface area contributed by atoms with Gasteiger partial charge in [0.1, 0.15) is 11.6 Å². The van der Waals surface area contributed by atoms with E-state index in [2.05, 4.69) is 10.1 Å². The van der Waals surface area contributed by atoms with Crippen LogP contribution in [0, 0.1) is 11.6 Å². The Balaban J connectivity index is 1.84. The van der Waals surface area contributed by atoms with Crippen LogP contribution in [0.3, 0.4) is 0 Å². The molecular weight excluding hydrogens is 453 g/mol. The molecule has 4 rings (SSSR count). The first-order valence-electron chi connectivity index (χ1n) is 8.95. The molecule has 4 aromatic rings. The summed E-state index contributed by atoms with van der Waals surface area (Å²) in [6.07, 6.45) is 0.0662. The van der Waals surface area contributed by atoms with Gasteiger partial charge in [0.05, 0.1) is 18.0 Å². The Labute approximate surface area is 178 Å². The summed E-state index contributed by atoms with van der Waals surface area (Å²) in [6, 6.07) is 8.85. The maximum atomic E-state index is 14.0. The van der Waals surface area contributed by atoms with Crippen molar-refractivity contribution in [1.29, 1.82) is 0 Å². The zero-order valence-electron chi connectivity index (χ0n) is 15.9. The molecule has 0 spiro atoms. The van der Waals surface area contributed by atoms with E-state index in [-0.39, 0.29) is 16.7 Å². The van der Waals surface area contributed by atoms with Crippen LogP contribution >= 0.6 is 0 Å². The Morgan fingerprint density at radius 1 is 0.812 bits per heavy atom. The summed E-state index contributed by atoms with van der Waals surface area (Å²) < 4.78 is 94.0. The summed E-state index contributed by atoms with van der Waals surface area (Å²) in [5, 5.41) is 3.62. The molecule has 0 aliphatic carbocycles. The first kappa shape index (κ1) is 21.6. The second-order valence-electron chi connectivity index (χ2n) is 6.70. The second kappa shape index (κ2) is 7.83. The van der Waals surface area contributed by atoms with Crippen molar-refractivity contribution in [1.82, 2.24) is 14.2 Å². The van der Waals surface area contributed by atoms with Gasteiger partial charge < -0.3 is 0 Å². The standard InChI is InChI=1S/C21H12F5N3O2S/c22-18-4-1-5-19(23)20(18)32(30,31)29-12-16(11-28-29)15-7-14(13-3-2-6-27-10-13)8-17(9-15)21(24,25)26/h1-12H. The third kappa shape index (κ3) is 3.98. The van der Waals surface area contributed by atoms with Crippen LogP contribution < -0.4 is 0 Å². The fraction of sp³-hybridized carbons (Fsp3) is 0.0476. The maximum Gasteiger partial charge on any atom is 0.416 e. The average molecular weight is 465 g/mol. The number of halogens is 5. The number of hydrogen-bond donors (Lipinski definition) is 0. The second-order valence-corrected chi connectivity index (χ2v) is 8.43. The number of hydrogen-bond acceptors (Lipinski definition) is 4. The molecule has 164 valence electrons. The van der Waals surface area contributed by atoms with E-state index in [1.165, 1.54) is 18.5 Å². The van der Waals surface area contributed by atoms with Crippen molar-refractivity contribution in [2.45, 2.75) is 11.1 Å². The molecular formula is C21H12F5N3O2S. The van der Waals surface area contributed by atoms with Gasteiger partial charge >= 0.3 is 6.18 Å². The summed E-state index contributed by atoms with van der Waals surface area (Å²) in [7, 11) is -4.76. The highest BCUT2D eigenvalue weighted by molar-refractivity contribution is 7.89. The molecule has 11 heteroatoms. The van der Waals surface area contributed by atoms with E-state index in [9.17, 15) is 30.4 Å². The molecule has 0 atom stereocenters. The van der Waals surface area contributed by atoms with Crippen molar-refractivity contribution in [3.05, 3.63) is 90.5 Å². The lowest BCUT2D eigenvalue weighted by atomic mass is 9.98. The molecule has 0 radical (unpaired) electrons. The summed E-state index contributed by atoms with van der Waals surface area (Å²) in [4.78, 5) is 2.68. The number of rotatable bonds is 4. The van der Waals surface area contributed by atoms with Crippen molar-refractivity contribution >= 4 is 10.0 Å². The van der Waals surface area contributed by atoms with E-state index < -0.39 is 38.3 Å². The van der Waals surface area contributed by atoms with Gasteiger partial charge in [-0.15, -0.1) is 0 Å². The van der Waals surface area contributed by atoms with Gasteiger partial charge in [0.25, 0.3) is 10.0 Å². The van der Waals surface area contributed by atoms with Gasteiger partial charge in [0.15, 0.2) is 4.90 Å². The van der Waals surface area contributed by atoms with Crippen LogP contribution in [0.5, 0.6) is 0 Å². The zero-order valence-corrected chi connectivity index (χ0v) is 16.7. The van der Waals surface area contributed by atoms with Gasteiger partial charge in [0, 0.05) is 23.5 Å². The number of benzene rings is 2. The minimum absolute atomic E-state index is 0.00145. The molecule has 0 fully saturated rings. The average Bonchev–Trinajstić information content (AvgIpc) is 3.24. The molecule has 0 amide bonds. The Kier molecular flexibility index (Phi) is 5.29. The maximum absolute atomic E-state index is 14.0. The Morgan fingerprint density at radius 3 is 2.06 bits per heavy atom. The molecule has 5 nitrogen and oxygen atoms in total. The minimum Gasteiger partial charge on any atom is -0.264 e. The molecule has 0 N–H and O–H groups in total. The summed E-state index contributed by atoms with van der Waals surface area (Å²) in [5.41, 5.74) is -0.354. The van der Waals surface area contributed by atoms with Crippen LogP contribution in [-0.2, 0) is 16.2 Å². The number of nitrogens with zero attached hydrogens (tertiary/aromatic N) is 3. The Morgan fingerprint density at radius 2 is 1.47 bits per heavy atom. The highest BCUT2D eigenvalue weighted by Crippen LogP contribution is 2.36. The lowest BCUT2D eigenvalue weighted by Gasteiger charge is -2.12. The number of aromatic nitrogens is 3. The third-order valence-electron chi connectivity index (χ3n) is 4.57. The zero-order chi connectivity index (χ0) is 23.1. The molecule has 0 saturated carbocycles. The molecule has 2 aromatic carbocycles. The molecule has 32 heavy (non-hydrogen) atoms. The first-order valence-corrected chi connectivity index (χ1v) is 10.4. The first-order chi connectivity index (χ1) is 15.1. The quantitative estimate of drug-likeness (QED) is 0.391.